The van der Waals surface area contributed by atoms with Gasteiger partial charge in [-0.2, -0.15) is 0 Å². The molecule has 4 aromatic rings. The summed E-state index contributed by atoms with van der Waals surface area (Å²) in [5, 5.41) is 17.3. The van der Waals surface area contributed by atoms with Gasteiger partial charge in [0.15, 0.2) is 0 Å². The van der Waals surface area contributed by atoms with Crippen LogP contribution in [0.25, 0.3) is 10.9 Å². The number of aryl methyl sites for hydroxylation is 1. The van der Waals surface area contributed by atoms with Gasteiger partial charge in [0.1, 0.15) is 12.0 Å². The van der Waals surface area contributed by atoms with Crippen LogP contribution in [0.15, 0.2) is 54.9 Å². The van der Waals surface area contributed by atoms with E-state index >= 15 is 0 Å². The highest BCUT2D eigenvalue weighted by Gasteiger charge is 2.13. The van der Waals surface area contributed by atoms with Crippen LogP contribution in [-0.2, 0) is 13.5 Å². The molecule has 0 saturated carbocycles. The van der Waals surface area contributed by atoms with Gasteiger partial charge in [-0.1, -0.05) is 6.07 Å². The summed E-state index contributed by atoms with van der Waals surface area (Å²) in [4.78, 5) is 13.3. The second-order valence-corrected chi connectivity index (χ2v) is 6.95. The average Bonchev–Trinajstić information content (AvgIpc) is 3.09. The number of fused-ring (bicyclic) bond motifs is 1. The number of benzene rings is 1. The van der Waals surface area contributed by atoms with E-state index in [1.165, 1.54) is 0 Å². The third-order valence-corrected chi connectivity index (χ3v) is 4.99. The zero-order valence-electron chi connectivity index (χ0n) is 17.1. The van der Waals surface area contributed by atoms with Gasteiger partial charge in [0, 0.05) is 48.7 Å². The monoisotopic (exact) mass is 404 g/mol. The molecule has 1 atom stereocenters. The Morgan fingerprint density at radius 3 is 2.70 bits per heavy atom. The zero-order valence-corrected chi connectivity index (χ0v) is 17.1. The van der Waals surface area contributed by atoms with E-state index in [9.17, 15) is 5.11 Å². The van der Waals surface area contributed by atoms with Crippen LogP contribution >= 0.6 is 0 Å². The first kappa shape index (κ1) is 19.8. The Balaban J connectivity index is 1.56. The molecule has 1 aromatic carbocycles. The standard InChI is InChI=1S/C22H24N6O2/c1-23-21(29)20-10-14-4-5-15(13-19(14)28(20)2)26-22-25-8-6-16(27-22)11-17-12-18(30-3)7-9-24-17/h4-10,12-13,21,23,29H,11H2,1-3H3,(H,25,26,27). The second-order valence-electron chi connectivity index (χ2n) is 6.95. The number of anilines is 2. The molecule has 0 amide bonds. The first-order valence-corrected chi connectivity index (χ1v) is 9.60. The summed E-state index contributed by atoms with van der Waals surface area (Å²) in [7, 11) is 5.29. The Morgan fingerprint density at radius 2 is 1.90 bits per heavy atom. The van der Waals surface area contributed by atoms with Crippen molar-refractivity contribution < 1.29 is 9.84 Å². The molecular formula is C22H24N6O2. The van der Waals surface area contributed by atoms with Gasteiger partial charge in [0.05, 0.1) is 24.0 Å². The lowest BCUT2D eigenvalue weighted by Crippen LogP contribution is -2.17. The molecule has 0 radical (unpaired) electrons. The van der Waals surface area contributed by atoms with Crippen molar-refractivity contribution in [2.24, 2.45) is 7.05 Å². The molecule has 0 spiro atoms. The van der Waals surface area contributed by atoms with Crippen LogP contribution in [0, 0.1) is 0 Å². The maximum atomic E-state index is 10.1. The predicted octanol–water partition coefficient (Wildman–Crippen LogP) is 2.92. The third kappa shape index (κ3) is 4.10. The van der Waals surface area contributed by atoms with E-state index < -0.39 is 6.23 Å². The Morgan fingerprint density at radius 1 is 1.07 bits per heavy atom. The van der Waals surface area contributed by atoms with Crippen LogP contribution in [0.4, 0.5) is 11.6 Å². The summed E-state index contributed by atoms with van der Waals surface area (Å²) in [5.41, 5.74) is 4.40. The Kier molecular flexibility index (Phi) is 5.60. The number of aliphatic hydroxyl groups excluding tert-OH is 1. The molecule has 8 heteroatoms. The van der Waals surface area contributed by atoms with Gasteiger partial charge in [0.25, 0.3) is 0 Å². The number of hydrogen-bond acceptors (Lipinski definition) is 7. The number of ether oxygens (including phenoxy) is 1. The quantitative estimate of drug-likeness (QED) is 0.408. The number of hydrogen-bond donors (Lipinski definition) is 3. The third-order valence-electron chi connectivity index (χ3n) is 4.99. The van der Waals surface area contributed by atoms with E-state index in [0.717, 1.165) is 39.4 Å². The molecule has 0 fully saturated rings. The molecule has 3 aromatic heterocycles. The van der Waals surface area contributed by atoms with E-state index in [0.29, 0.717) is 12.4 Å². The first-order valence-electron chi connectivity index (χ1n) is 9.60. The second kappa shape index (κ2) is 8.48. The maximum Gasteiger partial charge on any atom is 0.227 e. The normalized spacial score (nSPS) is 12.1. The first-order chi connectivity index (χ1) is 14.6. The molecule has 0 aliphatic carbocycles. The smallest absolute Gasteiger partial charge is 0.227 e. The van der Waals surface area contributed by atoms with E-state index in [1.54, 1.807) is 26.6 Å². The summed E-state index contributed by atoms with van der Waals surface area (Å²) in [5.74, 6) is 1.28. The zero-order chi connectivity index (χ0) is 21.1. The fourth-order valence-electron chi connectivity index (χ4n) is 3.39. The molecule has 1 unspecified atom stereocenters. The van der Waals surface area contributed by atoms with E-state index in [4.69, 9.17) is 4.74 Å². The van der Waals surface area contributed by atoms with Gasteiger partial charge in [0.2, 0.25) is 5.95 Å². The summed E-state index contributed by atoms with van der Waals surface area (Å²) in [6.45, 7) is 0. The van der Waals surface area contributed by atoms with Crippen molar-refractivity contribution in [2.75, 3.05) is 19.5 Å². The van der Waals surface area contributed by atoms with Crippen LogP contribution in [0.3, 0.4) is 0 Å². The molecule has 30 heavy (non-hydrogen) atoms. The van der Waals surface area contributed by atoms with Crippen molar-refractivity contribution in [2.45, 2.75) is 12.6 Å². The molecule has 0 aliphatic rings. The number of nitrogens with one attached hydrogen (secondary N) is 2. The molecule has 0 aliphatic heterocycles. The fourth-order valence-corrected chi connectivity index (χ4v) is 3.39. The SMILES string of the molecule is CNC(O)c1cc2ccc(Nc3nccc(Cc4cc(OC)ccn4)n3)cc2n1C. The Labute approximate surface area is 174 Å². The number of pyridine rings is 1. The van der Waals surface area contributed by atoms with E-state index in [-0.39, 0.29) is 0 Å². The van der Waals surface area contributed by atoms with Gasteiger partial charge in [-0.05, 0) is 37.4 Å². The lowest BCUT2D eigenvalue weighted by molar-refractivity contribution is 0.142. The van der Waals surface area contributed by atoms with Crippen LogP contribution in [0.1, 0.15) is 23.3 Å². The van der Waals surface area contributed by atoms with Crippen molar-refractivity contribution in [1.82, 2.24) is 24.8 Å². The van der Waals surface area contributed by atoms with Crippen LogP contribution in [-0.4, -0.2) is 38.8 Å². The van der Waals surface area contributed by atoms with Crippen LogP contribution in [0.2, 0.25) is 0 Å². The number of rotatable bonds is 7. The molecule has 0 bridgehead atoms. The Bertz CT molecular complexity index is 1170. The molecule has 154 valence electrons. The van der Waals surface area contributed by atoms with Crippen molar-refractivity contribution in [3.05, 3.63) is 71.9 Å². The van der Waals surface area contributed by atoms with Gasteiger partial charge < -0.3 is 19.7 Å². The summed E-state index contributed by atoms with van der Waals surface area (Å²) in [6.07, 6.45) is 3.32. The van der Waals surface area contributed by atoms with Gasteiger partial charge in [-0.3, -0.25) is 10.3 Å². The van der Waals surface area contributed by atoms with Gasteiger partial charge in [-0.15, -0.1) is 0 Å². The molecule has 3 N–H and O–H groups in total. The number of aliphatic hydroxyl groups is 1. The molecule has 4 rings (SSSR count). The van der Waals surface area contributed by atoms with Crippen molar-refractivity contribution in [3.63, 3.8) is 0 Å². The van der Waals surface area contributed by atoms with Crippen molar-refractivity contribution in [1.29, 1.82) is 0 Å². The van der Waals surface area contributed by atoms with Crippen molar-refractivity contribution >= 4 is 22.5 Å². The topological polar surface area (TPSA) is 97.1 Å². The van der Waals surface area contributed by atoms with Crippen LogP contribution in [0.5, 0.6) is 5.75 Å². The molecule has 0 saturated heterocycles. The minimum Gasteiger partial charge on any atom is -0.497 e. The lowest BCUT2D eigenvalue weighted by atomic mass is 10.2. The highest BCUT2D eigenvalue weighted by atomic mass is 16.5. The molecule has 3 heterocycles. The van der Waals surface area contributed by atoms with E-state index in [1.807, 2.05) is 54.1 Å². The highest BCUT2D eigenvalue weighted by molar-refractivity contribution is 5.85. The van der Waals surface area contributed by atoms with Crippen molar-refractivity contribution in [3.8, 4) is 5.75 Å². The highest BCUT2D eigenvalue weighted by Crippen LogP contribution is 2.26. The Hall–Kier alpha value is -3.49. The maximum absolute atomic E-state index is 10.1. The molecule has 8 nitrogen and oxygen atoms in total. The average molecular weight is 404 g/mol. The minimum absolute atomic E-state index is 0.513. The summed E-state index contributed by atoms with van der Waals surface area (Å²) >= 11 is 0. The van der Waals surface area contributed by atoms with Gasteiger partial charge >= 0.3 is 0 Å². The molecular weight excluding hydrogens is 380 g/mol. The summed E-state index contributed by atoms with van der Waals surface area (Å²) in [6, 6.07) is 13.6. The lowest BCUT2D eigenvalue weighted by Gasteiger charge is -2.11. The van der Waals surface area contributed by atoms with Gasteiger partial charge in [-0.25, -0.2) is 9.97 Å². The number of methoxy groups -OCH3 is 1. The van der Waals surface area contributed by atoms with Crippen LogP contribution < -0.4 is 15.4 Å². The fraction of sp³-hybridized carbons (Fsp3) is 0.227. The van der Waals surface area contributed by atoms with E-state index in [2.05, 4.69) is 25.6 Å². The number of nitrogens with zero attached hydrogens (tertiary/aromatic N) is 4. The minimum atomic E-state index is -0.718. The number of aromatic nitrogens is 4. The predicted molar refractivity (Wildman–Crippen MR) is 116 cm³/mol. The largest absolute Gasteiger partial charge is 0.497 e. The summed E-state index contributed by atoms with van der Waals surface area (Å²) < 4.78 is 7.22.